The van der Waals surface area contributed by atoms with Crippen molar-refractivity contribution in [2.75, 3.05) is 19.7 Å². The second kappa shape index (κ2) is 6.55. The van der Waals surface area contributed by atoms with Gasteiger partial charge in [-0.15, -0.1) is 5.10 Å². The Balaban J connectivity index is 1.49. The highest BCUT2D eigenvalue weighted by molar-refractivity contribution is 5.77. The number of nitrogens with zero attached hydrogens (tertiary/aromatic N) is 4. The first-order chi connectivity index (χ1) is 10.7. The Kier molecular flexibility index (Phi) is 4.32. The van der Waals surface area contributed by atoms with Crippen LogP contribution in [0.2, 0.25) is 0 Å². The van der Waals surface area contributed by atoms with Crippen LogP contribution in [0.15, 0.2) is 36.7 Å². The van der Waals surface area contributed by atoms with Crippen LogP contribution in [0, 0.1) is 5.82 Å². The van der Waals surface area contributed by atoms with Crippen molar-refractivity contribution in [3.63, 3.8) is 0 Å². The molecule has 0 radical (unpaired) electrons. The van der Waals surface area contributed by atoms with E-state index in [0.29, 0.717) is 13.1 Å². The molecule has 0 atom stereocenters. The highest BCUT2D eigenvalue weighted by Crippen LogP contribution is 2.21. The molecule has 7 heteroatoms. The number of benzene rings is 1. The first kappa shape index (κ1) is 14.5. The zero-order valence-electron chi connectivity index (χ0n) is 12.1. The van der Waals surface area contributed by atoms with Crippen molar-refractivity contribution in [3.05, 3.63) is 42.5 Å². The number of carbonyl (C=O) groups is 1. The third-order valence-corrected chi connectivity index (χ3v) is 3.82. The van der Waals surface area contributed by atoms with E-state index in [9.17, 15) is 9.18 Å². The summed E-state index contributed by atoms with van der Waals surface area (Å²) in [5.41, 5.74) is 0. The number of aromatic nitrogens is 3. The molecule has 22 heavy (non-hydrogen) atoms. The number of carbonyl (C=O) groups excluding carboxylic acids is 1. The van der Waals surface area contributed by atoms with E-state index in [1.807, 2.05) is 10.9 Å². The van der Waals surface area contributed by atoms with Crippen molar-refractivity contribution in [1.29, 1.82) is 0 Å². The molecule has 1 fully saturated rings. The number of para-hydroxylation sites is 1. The molecule has 1 aliphatic heterocycles. The molecule has 1 aliphatic rings. The summed E-state index contributed by atoms with van der Waals surface area (Å²) in [6, 6.07) is 6.35. The molecule has 0 spiro atoms. The summed E-state index contributed by atoms with van der Waals surface area (Å²) in [4.78, 5) is 13.9. The minimum absolute atomic E-state index is 0.105. The Morgan fingerprint density at radius 3 is 2.77 bits per heavy atom. The number of piperidine rings is 1. The summed E-state index contributed by atoms with van der Waals surface area (Å²) in [7, 11) is 0. The Hall–Kier alpha value is -2.44. The first-order valence-electron chi connectivity index (χ1n) is 7.25. The minimum Gasteiger partial charge on any atom is -0.481 e. The number of halogens is 1. The van der Waals surface area contributed by atoms with Gasteiger partial charge in [0, 0.05) is 19.3 Å². The highest BCUT2D eigenvalue weighted by atomic mass is 19.1. The van der Waals surface area contributed by atoms with Crippen LogP contribution in [0.1, 0.15) is 18.9 Å². The van der Waals surface area contributed by atoms with Gasteiger partial charge >= 0.3 is 0 Å². The summed E-state index contributed by atoms with van der Waals surface area (Å²) in [6.45, 7) is 1.14. The average Bonchev–Trinajstić information content (AvgIpc) is 3.08. The van der Waals surface area contributed by atoms with Gasteiger partial charge < -0.3 is 9.64 Å². The molecular formula is C15H17FN4O2. The fourth-order valence-electron chi connectivity index (χ4n) is 2.58. The van der Waals surface area contributed by atoms with Crippen LogP contribution in [0.4, 0.5) is 4.39 Å². The molecule has 1 aromatic carbocycles. The molecule has 2 heterocycles. The lowest BCUT2D eigenvalue weighted by atomic mass is 10.1. The van der Waals surface area contributed by atoms with Crippen LogP contribution >= 0.6 is 0 Å². The fourth-order valence-corrected chi connectivity index (χ4v) is 2.58. The summed E-state index contributed by atoms with van der Waals surface area (Å²) < 4.78 is 20.5. The van der Waals surface area contributed by atoms with Gasteiger partial charge in [-0.25, -0.2) is 9.07 Å². The highest BCUT2D eigenvalue weighted by Gasteiger charge is 2.24. The van der Waals surface area contributed by atoms with E-state index in [2.05, 4.69) is 10.3 Å². The average molecular weight is 304 g/mol. The third kappa shape index (κ3) is 3.24. The Morgan fingerprint density at radius 2 is 2.09 bits per heavy atom. The molecule has 6 nitrogen and oxygen atoms in total. The Labute approximate surface area is 127 Å². The van der Waals surface area contributed by atoms with Crippen LogP contribution in [0.5, 0.6) is 5.75 Å². The Bertz CT molecular complexity index is 624. The summed E-state index contributed by atoms with van der Waals surface area (Å²) in [5.74, 6) is -0.478. The predicted octanol–water partition coefficient (Wildman–Crippen LogP) is 1.66. The van der Waals surface area contributed by atoms with Gasteiger partial charge in [-0.1, -0.05) is 17.3 Å². The van der Waals surface area contributed by atoms with Gasteiger partial charge in [0.2, 0.25) is 0 Å². The molecule has 1 aromatic heterocycles. The number of amides is 1. The van der Waals surface area contributed by atoms with Crippen LogP contribution in [-0.4, -0.2) is 45.5 Å². The number of ether oxygens (including phenoxy) is 1. The number of hydrogen-bond acceptors (Lipinski definition) is 4. The van der Waals surface area contributed by atoms with Crippen molar-refractivity contribution in [2.24, 2.45) is 0 Å². The zero-order chi connectivity index (χ0) is 15.4. The molecule has 3 rings (SSSR count). The maximum atomic E-state index is 13.4. The van der Waals surface area contributed by atoms with E-state index >= 15 is 0 Å². The summed E-state index contributed by atoms with van der Waals surface area (Å²) in [5, 5.41) is 7.79. The lowest BCUT2D eigenvalue weighted by molar-refractivity contribution is -0.134. The van der Waals surface area contributed by atoms with Crippen LogP contribution < -0.4 is 4.74 Å². The van der Waals surface area contributed by atoms with Gasteiger partial charge in [-0.2, -0.15) is 0 Å². The molecule has 2 aromatic rings. The van der Waals surface area contributed by atoms with Crippen molar-refractivity contribution in [1.82, 2.24) is 19.9 Å². The normalized spacial score (nSPS) is 15.8. The van der Waals surface area contributed by atoms with Gasteiger partial charge in [-0.05, 0) is 25.0 Å². The quantitative estimate of drug-likeness (QED) is 0.862. The van der Waals surface area contributed by atoms with Crippen LogP contribution in [0.3, 0.4) is 0 Å². The molecule has 0 unspecified atom stereocenters. The molecule has 0 saturated carbocycles. The molecule has 0 aliphatic carbocycles. The van der Waals surface area contributed by atoms with Crippen LogP contribution in [-0.2, 0) is 4.79 Å². The van der Waals surface area contributed by atoms with E-state index in [-0.39, 0.29) is 24.3 Å². The standard InChI is InChI=1S/C15H17FN4O2/c16-13-3-1-2-4-14(13)22-11-15(21)19-8-5-12(6-9-19)20-10-7-17-18-20/h1-4,7,10,12H,5-6,8-9,11H2. The molecule has 0 N–H and O–H groups in total. The van der Waals surface area contributed by atoms with E-state index in [1.54, 1.807) is 23.2 Å². The molecular weight excluding hydrogens is 287 g/mol. The molecule has 1 saturated heterocycles. The maximum absolute atomic E-state index is 13.4. The maximum Gasteiger partial charge on any atom is 0.260 e. The minimum atomic E-state index is -0.458. The van der Waals surface area contributed by atoms with E-state index < -0.39 is 5.82 Å². The predicted molar refractivity (Wildman–Crippen MR) is 76.8 cm³/mol. The monoisotopic (exact) mass is 304 g/mol. The number of likely N-dealkylation sites (tertiary alicyclic amines) is 1. The van der Waals surface area contributed by atoms with Crippen molar-refractivity contribution < 1.29 is 13.9 Å². The number of rotatable bonds is 4. The smallest absolute Gasteiger partial charge is 0.260 e. The van der Waals surface area contributed by atoms with Crippen molar-refractivity contribution in [3.8, 4) is 5.75 Å². The van der Waals surface area contributed by atoms with Crippen molar-refractivity contribution in [2.45, 2.75) is 18.9 Å². The number of hydrogen-bond donors (Lipinski definition) is 0. The third-order valence-electron chi connectivity index (χ3n) is 3.82. The summed E-state index contributed by atoms with van der Waals surface area (Å²) in [6.07, 6.45) is 5.15. The topological polar surface area (TPSA) is 60.2 Å². The molecule has 116 valence electrons. The molecule has 1 amide bonds. The van der Waals surface area contributed by atoms with E-state index in [1.165, 1.54) is 12.1 Å². The van der Waals surface area contributed by atoms with E-state index in [0.717, 1.165) is 12.8 Å². The van der Waals surface area contributed by atoms with Gasteiger partial charge in [0.25, 0.3) is 5.91 Å². The van der Waals surface area contributed by atoms with Gasteiger partial charge in [0.1, 0.15) is 0 Å². The SMILES string of the molecule is O=C(COc1ccccc1F)N1CCC(n2ccnn2)CC1. The first-order valence-corrected chi connectivity index (χ1v) is 7.25. The van der Waals surface area contributed by atoms with Gasteiger partial charge in [-0.3, -0.25) is 4.79 Å². The van der Waals surface area contributed by atoms with E-state index in [4.69, 9.17) is 4.74 Å². The second-order valence-corrected chi connectivity index (χ2v) is 5.21. The zero-order valence-corrected chi connectivity index (χ0v) is 12.1. The summed E-state index contributed by atoms with van der Waals surface area (Å²) >= 11 is 0. The largest absolute Gasteiger partial charge is 0.481 e. The fraction of sp³-hybridized carbons (Fsp3) is 0.400. The lowest BCUT2D eigenvalue weighted by Gasteiger charge is -2.31. The van der Waals surface area contributed by atoms with Crippen LogP contribution in [0.25, 0.3) is 0 Å². The second-order valence-electron chi connectivity index (χ2n) is 5.21. The Morgan fingerprint density at radius 1 is 1.32 bits per heavy atom. The van der Waals surface area contributed by atoms with Gasteiger partial charge in [0.05, 0.1) is 12.2 Å². The molecule has 0 bridgehead atoms. The van der Waals surface area contributed by atoms with Crippen molar-refractivity contribution >= 4 is 5.91 Å². The lowest BCUT2D eigenvalue weighted by Crippen LogP contribution is -2.41. The van der Waals surface area contributed by atoms with Gasteiger partial charge in [0.15, 0.2) is 18.2 Å².